The number of hydrogen-bond donors (Lipinski definition) is 1. The standard InChI is InChI=1S/C18H29BrN2/c1-4-20-18(16-7-9-17(19)10-8-16)11-12-21-13-14(2)5-6-15(21)3/h7-10,14-15,18,20H,4-6,11-13H2,1-3H3. The van der Waals surface area contributed by atoms with Crippen molar-refractivity contribution in [1.82, 2.24) is 10.2 Å². The molecule has 3 unspecified atom stereocenters. The van der Waals surface area contributed by atoms with E-state index in [1.807, 2.05) is 0 Å². The summed E-state index contributed by atoms with van der Waals surface area (Å²) in [4.78, 5) is 2.68. The Bertz CT molecular complexity index is 418. The first-order chi connectivity index (χ1) is 10.1. The van der Waals surface area contributed by atoms with Gasteiger partial charge in [0.05, 0.1) is 0 Å². The molecule has 1 aliphatic rings. The fourth-order valence-corrected chi connectivity index (χ4v) is 3.58. The average Bonchev–Trinajstić information content (AvgIpc) is 2.48. The lowest BCUT2D eigenvalue weighted by Crippen LogP contribution is -2.42. The molecule has 1 heterocycles. The van der Waals surface area contributed by atoms with Gasteiger partial charge in [-0.1, -0.05) is 41.9 Å². The van der Waals surface area contributed by atoms with Crippen molar-refractivity contribution in [3.63, 3.8) is 0 Å². The first-order valence-electron chi connectivity index (χ1n) is 8.33. The van der Waals surface area contributed by atoms with Crippen molar-refractivity contribution >= 4 is 15.9 Å². The van der Waals surface area contributed by atoms with Gasteiger partial charge < -0.3 is 10.2 Å². The maximum absolute atomic E-state index is 3.64. The van der Waals surface area contributed by atoms with E-state index in [-0.39, 0.29) is 0 Å². The molecule has 0 amide bonds. The number of nitrogens with zero attached hydrogens (tertiary/aromatic N) is 1. The van der Waals surface area contributed by atoms with Crippen molar-refractivity contribution in [2.45, 2.75) is 52.1 Å². The Labute approximate surface area is 138 Å². The molecule has 0 aliphatic carbocycles. The zero-order valence-electron chi connectivity index (χ0n) is 13.6. The average molecular weight is 353 g/mol. The molecule has 0 saturated carbocycles. The number of piperidine rings is 1. The van der Waals surface area contributed by atoms with Crippen LogP contribution in [0.3, 0.4) is 0 Å². The van der Waals surface area contributed by atoms with Gasteiger partial charge in [-0.25, -0.2) is 0 Å². The molecule has 1 aromatic rings. The van der Waals surface area contributed by atoms with Gasteiger partial charge in [0.1, 0.15) is 0 Å². The highest BCUT2D eigenvalue weighted by Gasteiger charge is 2.23. The molecule has 0 spiro atoms. The van der Waals surface area contributed by atoms with Crippen LogP contribution in [0.15, 0.2) is 28.7 Å². The van der Waals surface area contributed by atoms with E-state index >= 15 is 0 Å². The smallest absolute Gasteiger partial charge is 0.0332 e. The van der Waals surface area contributed by atoms with E-state index in [9.17, 15) is 0 Å². The van der Waals surface area contributed by atoms with Crippen molar-refractivity contribution in [3.05, 3.63) is 34.3 Å². The Hall–Kier alpha value is -0.380. The lowest BCUT2D eigenvalue weighted by atomic mass is 9.94. The molecule has 1 aliphatic heterocycles. The molecular formula is C18H29BrN2. The second-order valence-corrected chi connectivity index (χ2v) is 7.39. The predicted molar refractivity (Wildman–Crippen MR) is 94.6 cm³/mol. The Morgan fingerprint density at radius 3 is 2.62 bits per heavy atom. The first kappa shape index (κ1) is 17.0. The highest BCUT2D eigenvalue weighted by Crippen LogP contribution is 2.24. The molecule has 1 N–H and O–H groups in total. The van der Waals surface area contributed by atoms with Crippen LogP contribution in [0.2, 0.25) is 0 Å². The summed E-state index contributed by atoms with van der Waals surface area (Å²) in [6, 6.07) is 9.97. The van der Waals surface area contributed by atoms with Crippen LogP contribution in [-0.2, 0) is 0 Å². The minimum Gasteiger partial charge on any atom is -0.310 e. The third kappa shape index (κ3) is 5.08. The Balaban J connectivity index is 1.94. The van der Waals surface area contributed by atoms with Crippen LogP contribution in [0.4, 0.5) is 0 Å². The van der Waals surface area contributed by atoms with Crippen molar-refractivity contribution in [3.8, 4) is 0 Å². The summed E-state index contributed by atoms with van der Waals surface area (Å²) in [6.45, 7) is 10.4. The molecule has 1 aromatic carbocycles. The number of hydrogen-bond acceptors (Lipinski definition) is 2. The normalized spacial score (nSPS) is 25.0. The summed E-state index contributed by atoms with van der Waals surface area (Å²) < 4.78 is 1.15. The molecule has 0 bridgehead atoms. The summed E-state index contributed by atoms with van der Waals surface area (Å²) in [5.74, 6) is 0.853. The van der Waals surface area contributed by atoms with Gasteiger partial charge in [0.25, 0.3) is 0 Å². The van der Waals surface area contributed by atoms with Gasteiger partial charge in [0.2, 0.25) is 0 Å². The maximum Gasteiger partial charge on any atom is 0.0332 e. The van der Waals surface area contributed by atoms with E-state index in [2.05, 4.69) is 71.2 Å². The van der Waals surface area contributed by atoms with Gasteiger partial charge >= 0.3 is 0 Å². The maximum atomic E-state index is 3.64. The fourth-order valence-electron chi connectivity index (χ4n) is 3.31. The van der Waals surface area contributed by atoms with Crippen LogP contribution < -0.4 is 5.32 Å². The van der Waals surface area contributed by atoms with E-state index < -0.39 is 0 Å². The van der Waals surface area contributed by atoms with Crippen LogP contribution in [-0.4, -0.2) is 30.6 Å². The molecule has 21 heavy (non-hydrogen) atoms. The summed E-state index contributed by atoms with van der Waals surface area (Å²) >= 11 is 3.52. The van der Waals surface area contributed by atoms with Crippen LogP contribution in [0, 0.1) is 5.92 Å². The molecule has 3 heteroatoms. The highest BCUT2D eigenvalue weighted by atomic mass is 79.9. The van der Waals surface area contributed by atoms with Gasteiger partial charge in [-0.15, -0.1) is 0 Å². The zero-order valence-corrected chi connectivity index (χ0v) is 15.2. The van der Waals surface area contributed by atoms with Crippen LogP contribution in [0.5, 0.6) is 0 Å². The molecule has 2 rings (SSSR count). The van der Waals surface area contributed by atoms with Crippen LogP contribution >= 0.6 is 15.9 Å². The summed E-state index contributed by atoms with van der Waals surface area (Å²) in [6.07, 6.45) is 3.93. The van der Waals surface area contributed by atoms with Crippen molar-refractivity contribution in [1.29, 1.82) is 0 Å². The minimum atomic E-state index is 0.465. The molecule has 0 aromatic heterocycles. The second-order valence-electron chi connectivity index (χ2n) is 6.48. The largest absolute Gasteiger partial charge is 0.310 e. The first-order valence-corrected chi connectivity index (χ1v) is 9.12. The van der Waals surface area contributed by atoms with Gasteiger partial charge in [-0.3, -0.25) is 0 Å². The van der Waals surface area contributed by atoms with E-state index in [1.54, 1.807) is 0 Å². The molecule has 1 fully saturated rings. The fraction of sp³-hybridized carbons (Fsp3) is 0.667. The second kappa shape index (κ2) is 8.30. The molecule has 3 atom stereocenters. The van der Waals surface area contributed by atoms with Crippen molar-refractivity contribution in [2.24, 2.45) is 5.92 Å². The lowest BCUT2D eigenvalue weighted by molar-refractivity contribution is 0.119. The van der Waals surface area contributed by atoms with Crippen LogP contribution in [0.25, 0.3) is 0 Å². The third-order valence-electron chi connectivity index (χ3n) is 4.67. The molecule has 0 radical (unpaired) electrons. The molecule has 2 nitrogen and oxygen atoms in total. The molecule has 1 saturated heterocycles. The van der Waals surface area contributed by atoms with Gasteiger partial charge in [-0.2, -0.15) is 0 Å². The zero-order chi connectivity index (χ0) is 15.2. The van der Waals surface area contributed by atoms with E-state index in [0.29, 0.717) is 6.04 Å². The number of benzene rings is 1. The Kier molecular flexibility index (Phi) is 6.72. The number of nitrogens with one attached hydrogen (secondary N) is 1. The monoisotopic (exact) mass is 352 g/mol. The number of halogens is 1. The van der Waals surface area contributed by atoms with Gasteiger partial charge in [0, 0.05) is 29.6 Å². The lowest BCUT2D eigenvalue weighted by Gasteiger charge is -2.37. The third-order valence-corrected chi connectivity index (χ3v) is 5.20. The topological polar surface area (TPSA) is 15.3 Å². The Morgan fingerprint density at radius 2 is 1.95 bits per heavy atom. The van der Waals surface area contributed by atoms with E-state index in [1.165, 1.54) is 37.9 Å². The van der Waals surface area contributed by atoms with Crippen LogP contribution in [0.1, 0.15) is 51.6 Å². The SMILES string of the molecule is CCNC(CCN1CC(C)CCC1C)c1ccc(Br)cc1. The summed E-state index contributed by atoms with van der Waals surface area (Å²) in [7, 11) is 0. The quantitative estimate of drug-likeness (QED) is 0.803. The predicted octanol–water partition coefficient (Wildman–Crippen LogP) is 4.61. The van der Waals surface area contributed by atoms with Gasteiger partial charge in [-0.05, 0) is 56.3 Å². The minimum absolute atomic E-state index is 0.465. The Morgan fingerprint density at radius 1 is 1.24 bits per heavy atom. The van der Waals surface area contributed by atoms with E-state index in [0.717, 1.165) is 23.0 Å². The summed E-state index contributed by atoms with van der Waals surface area (Å²) in [5, 5.41) is 3.64. The number of rotatable bonds is 6. The van der Waals surface area contributed by atoms with E-state index in [4.69, 9.17) is 0 Å². The molecule has 118 valence electrons. The highest BCUT2D eigenvalue weighted by molar-refractivity contribution is 9.10. The summed E-state index contributed by atoms with van der Waals surface area (Å²) in [5.41, 5.74) is 1.40. The number of likely N-dealkylation sites (tertiary alicyclic amines) is 1. The van der Waals surface area contributed by atoms with Gasteiger partial charge in [0.15, 0.2) is 0 Å². The molecular weight excluding hydrogens is 324 g/mol. The van der Waals surface area contributed by atoms with Crippen molar-refractivity contribution < 1.29 is 0 Å². The van der Waals surface area contributed by atoms with Crippen molar-refractivity contribution in [2.75, 3.05) is 19.6 Å².